The van der Waals surface area contributed by atoms with Crippen molar-refractivity contribution in [3.05, 3.63) is 53.2 Å². The van der Waals surface area contributed by atoms with Crippen LogP contribution in [0.2, 0.25) is 0 Å². The summed E-state index contributed by atoms with van der Waals surface area (Å²) in [5.41, 5.74) is 3.22. The Morgan fingerprint density at radius 2 is 1.82 bits per heavy atom. The number of hydrogen-bond donors (Lipinski definition) is 0. The number of carbonyl (C=O) groups is 1. The van der Waals surface area contributed by atoms with Gasteiger partial charge in [0.15, 0.2) is 12.1 Å². The highest BCUT2D eigenvalue weighted by molar-refractivity contribution is 5.94. The van der Waals surface area contributed by atoms with Gasteiger partial charge in [-0.15, -0.1) is 0 Å². The van der Waals surface area contributed by atoms with Crippen molar-refractivity contribution in [3.63, 3.8) is 0 Å². The summed E-state index contributed by atoms with van der Waals surface area (Å²) in [6, 6.07) is 9.68. The Balaban J connectivity index is 1.37. The molecule has 5 fully saturated rings. The third-order valence-electron chi connectivity index (χ3n) is 7.51. The molecule has 3 atom stereocenters. The summed E-state index contributed by atoms with van der Waals surface area (Å²) in [6.45, 7) is 5.27. The van der Waals surface area contributed by atoms with E-state index >= 15 is 0 Å². The first-order valence-corrected chi connectivity index (χ1v) is 10.8. The summed E-state index contributed by atoms with van der Waals surface area (Å²) in [7, 11) is 0. The molecule has 0 radical (unpaired) electrons. The summed E-state index contributed by atoms with van der Waals surface area (Å²) in [5.74, 6) is 2.31. The molecule has 2 bridgehead atoms. The van der Waals surface area contributed by atoms with E-state index in [1.54, 1.807) is 0 Å². The van der Waals surface area contributed by atoms with Gasteiger partial charge in [0.25, 0.3) is 5.91 Å². The number of nitrogens with zero attached hydrogens (tertiary/aromatic N) is 3. The molecule has 4 saturated heterocycles. The zero-order valence-electron chi connectivity index (χ0n) is 16.4. The van der Waals surface area contributed by atoms with Crippen LogP contribution < -0.4 is 0 Å². The normalized spacial score (nSPS) is 33.9. The fourth-order valence-corrected chi connectivity index (χ4v) is 5.95. The summed E-state index contributed by atoms with van der Waals surface area (Å²) in [5, 5.41) is 0. The molecular weight excluding hydrogens is 350 g/mol. The molecule has 5 heterocycles. The van der Waals surface area contributed by atoms with E-state index in [9.17, 15) is 4.79 Å². The molecule has 0 unspecified atom stereocenters. The van der Waals surface area contributed by atoms with E-state index in [-0.39, 0.29) is 5.91 Å². The van der Waals surface area contributed by atoms with Crippen LogP contribution in [-0.2, 0) is 0 Å². The van der Waals surface area contributed by atoms with Crippen molar-refractivity contribution >= 4 is 5.91 Å². The summed E-state index contributed by atoms with van der Waals surface area (Å²) < 4.78 is 5.62. The molecule has 28 heavy (non-hydrogen) atoms. The molecule has 4 aliphatic heterocycles. The van der Waals surface area contributed by atoms with Crippen LogP contribution in [-0.4, -0.2) is 52.4 Å². The molecule has 1 aromatic carbocycles. The minimum absolute atomic E-state index is 0.0917. The Morgan fingerprint density at radius 3 is 2.54 bits per heavy atom. The molecule has 2 aromatic rings. The fourth-order valence-electron chi connectivity index (χ4n) is 5.95. The lowest BCUT2D eigenvalue weighted by atomic mass is 9.75. The maximum absolute atomic E-state index is 13.6. The molecule has 0 spiro atoms. The van der Waals surface area contributed by atoms with Crippen molar-refractivity contribution in [2.24, 2.45) is 5.92 Å². The third kappa shape index (κ3) is 2.48. The Bertz CT molecular complexity index is 893. The molecule has 1 amide bonds. The number of benzene rings is 1. The number of amides is 1. The lowest BCUT2D eigenvalue weighted by molar-refractivity contribution is -0.00362. The van der Waals surface area contributed by atoms with Crippen LogP contribution in [0.4, 0.5) is 0 Å². The van der Waals surface area contributed by atoms with Gasteiger partial charge in [0.05, 0.1) is 6.04 Å². The molecule has 1 aliphatic carbocycles. The van der Waals surface area contributed by atoms with E-state index in [0.29, 0.717) is 35.5 Å². The van der Waals surface area contributed by atoms with Crippen LogP contribution in [0.15, 0.2) is 35.1 Å². The third-order valence-corrected chi connectivity index (χ3v) is 7.51. The Kier molecular flexibility index (Phi) is 3.70. The SMILES string of the molecule is Cc1ccc([C@H]2CN(C(=O)c3ncoc3C3CC3)[C@@H]3C4CCN(CC4)[C@H]23)cc1. The van der Waals surface area contributed by atoms with Gasteiger partial charge in [-0.25, -0.2) is 4.98 Å². The first-order chi connectivity index (χ1) is 13.7. The molecule has 1 aromatic heterocycles. The number of carbonyl (C=O) groups excluding carboxylic acids is 1. The fraction of sp³-hybridized carbons (Fsp3) is 0.565. The number of likely N-dealkylation sites (tertiary alicyclic amines) is 1. The predicted molar refractivity (Wildman–Crippen MR) is 105 cm³/mol. The van der Waals surface area contributed by atoms with Crippen molar-refractivity contribution in [2.75, 3.05) is 19.6 Å². The second-order valence-corrected chi connectivity index (χ2v) is 9.17. The maximum Gasteiger partial charge on any atom is 0.276 e. The number of aromatic nitrogens is 1. The van der Waals surface area contributed by atoms with Gasteiger partial charge in [0, 0.05) is 24.4 Å². The topological polar surface area (TPSA) is 49.6 Å². The lowest BCUT2D eigenvalue weighted by Gasteiger charge is -2.51. The van der Waals surface area contributed by atoms with Crippen molar-refractivity contribution in [3.8, 4) is 0 Å². The van der Waals surface area contributed by atoms with Gasteiger partial charge in [0.2, 0.25) is 0 Å². The average Bonchev–Trinajstić information content (AvgIpc) is 3.30. The van der Waals surface area contributed by atoms with E-state index in [0.717, 1.165) is 25.1 Å². The monoisotopic (exact) mass is 377 g/mol. The van der Waals surface area contributed by atoms with Gasteiger partial charge in [-0.2, -0.15) is 0 Å². The number of rotatable bonds is 3. The first kappa shape index (κ1) is 16.8. The van der Waals surface area contributed by atoms with Crippen molar-refractivity contribution in [1.82, 2.24) is 14.8 Å². The van der Waals surface area contributed by atoms with Crippen LogP contribution in [0.5, 0.6) is 0 Å². The predicted octanol–water partition coefficient (Wildman–Crippen LogP) is 3.56. The van der Waals surface area contributed by atoms with Gasteiger partial charge in [-0.3, -0.25) is 9.69 Å². The summed E-state index contributed by atoms with van der Waals surface area (Å²) in [6.07, 6.45) is 6.11. The van der Waals surface area contributed by atoms with Crippen LogP contribution in [0, 0.1) is 12.8 Å². The zero-order valence-corrected chi connectivity index (χ0v) is 16.4. The minimum atomic E-state index is 0.0917. The second kappa shape index (κ2) is 6.18. The van der Waals surface area contributed by atoms with Crippen molar-refractivity contribution in [1.29, 1.82) is 0 Å². The van der Waals surface area contributed by atoms with Crippen LogP contribution in [0.25, 0.3) is 0 Å². The highest BCUT2D eigenvalue weighted by Gasteiger charge is 2.55. The van der Waals surface area contributed by atoms with Gasteiger partial charge in [-0.05, 0) is 57.2 Å². The molecule has 0 N–H and O–H groups in total. The van der Waals surface area contributed by atoms with Gasteiger partial charge < -0.3 is 9.32 Å². The van der Waals surface area contributed by atoms with Gasteiger partial charge >= 0.3 is 0 Å². The number of piperidine rings is 3. The molecular formula is C23H27N3O2. The van der Waals surface area contributed by atoms with E-state index in [4.69, 9.17) is 4.42 Å². The molecule has 146 valence electrons. The number of aryl methyl sites for hydroxylation is 1. The Morgan fingerprint density at radius 1 is 1.07 bits per heavy atom. The largest absolute Gasteiger partial charge is 0.447 e. The maximum atomic E-state index is 13.6. The van der Waals surface area contributed by atoms with Crippen molar-refractivity contribution in [2.45, 2.75) is 56.5 Å². The molecule has 5 nitrogen and oxygen atoms in total. The van der Waals surface area contributed by atoms with E-state index < -0.39 is 0 Å². The smallest absolute Gasteiger partial charge is 0.276 e. The van der Waals surface area contributed by atoms with E-state index in [1.165, 1.54) is 43.5 Å². The first-order valence-electron chi connectivity index (χ1n) is 10.8. The molecule has 1 saturated carbocycles. The number of hydrogen-bond acceptors (Lipinski definition) is 4. The molecule has 5 heteroatoms. The molecule has 5 aliphatic rings. The minimum Gasteiger partial charge on any atom is -0.447 e. The summed E-state index contributed by atoms with van der Waals surface area (Å²) in [4.78, 5) is 22.8. The highest BCUT2D eigenvalue weighted by atomic mass is 16.3. The average molecular weight is 377 g/mol. The quantitative estimate of drug-likeness (QED) is 0.821. The molecule has 7 rings (SSSR count). The lowest BCUT2D eigenvalue weighted by Crippen LogP contribution is -2.60. The van der Waals surface area contributed by atoms with Crippen LogP contribution in [0.1, 0.15) is 64.9 Å². The number of oxazole rings is 1. The van der Waals surface area contributed by atoms with Crippen molar-refractivity contribution < 1.29 is 9.21 Å². The zero-order chi connectivity index (χ0) is 18.8. The van der Waals surface area contributed by atoms with Gasteiger partial charge in [0.1, 0.15) is 5.76 Å². The van der Waals surface area contributed by atoms with Gasteiger partial charge in [-0.1, -0.05) is 29.8 Å². The Hall–Kier alpha value is -2.14. The Labute approximate surface area is 165 Å². The summed E-state index contributed by atoms with van der Waals surface area (Å²) >= 11 is 0. The van der Waals surface area contributed by atoms with Crippen LogP contribution in [0.3, 0.4) is 0 Å². The van der Waals surface area contributed by atoms with Crippen LogP contribution >= 0.6 is 0 Å². The second-order valence-electron chi connectivity index (χ2n) is 9.17. The highest BCUT2D eigenvalue weighted by Crippen LogP contribution is 2.48. The van der Waals surface area contributed by atoms with E-state index in [2.05, 4.69) is 46.0 Å². The van der Waals surface area contributed by atoms with E-state index in [1.807, 2.05) is 0 Å². The number of fused-ring (bicyclic) bond motifs is 2. The standard InChI is InChI=1S/C23H27N3O2/c1-14-2-4-15(5-3-14)18-12-26(20-16-8-10-25(11-9-16)21(18)20)23(27)19-22(17-6-7-17)28-13-24-19/h2-5,13,16-18,20-21H,6-12H2,1H3/t18-,20-,21-/m1/s1.